The Bertz CT molecular complexity index is 2290. The first-order chi connectivity index (χ1) is 29.2. The second-order valence-corrected chi connectivity index (χ2v) is 15.5. The molecule has 34 heteroatoms. The van der Waals surface area contributed by atoms with Crippen LogP contribution in [0.3, 0.4) is 0 Å². The van der Waals surface area contributed by atoms with Gasteiger partial charge in [0.05, 0.1) is 67.9 Å². The molecular formula is C32H6F28I2N4. The normalized spacial score (nSPS) is 20.2. The topological polar surface area (TPSA) is 49.4 Å². The number of fused-ring (bicyclic) bond motifs is 4. The first-order valence-corrected chi connectivity index (χ1v) is 18.1. The Kier molecular flexibility index (Phi) is 12.3. The van der Waals surface area contributed by atoms with Crippen molar-refractivity contribution in [3.63, 3.8) is 0 Å². The van der Waals surface area contributed by atoms with Crippen molar-refractivity contribution in [1.29, 1.82) is 0 Å². The van der Waals surface area contributed by atoms with E-state index in [2.05, 4.69) is 20.0 Å². The molecule has 0 saturated heterocycles. The summed E-state index contributed by atoms with van der Waals surface area (Å²) in [7, 11) is 0. The van der Waals surface area contributed by atoms with E-state index in [0.717, 1.165) is 0 Å². The first kappa shape index (κ1) is 53.1. The van der Waals surface area contributed by atoms with Gasteiger partial charge in [0.25, 0.3) is 0 Å². The van der Waals surface area contributed by atoms with Gasteiger partial charge in [0, 0.05) is 7.16 Å². The summed E-state index contributed by atoms with van der Waals surface area (Å²) >= 11 is 0.854. The van der Waals surface area contributed by atoms with Crippen molar-refractivity contribution >= 4 is 68.0 Å². The fourth-order valence-electron chi connectivity index (χ4n) is 5.78. The summed E-state index contributed by atoms with van der Waals surface area (Å²) in [6, 6.07) is 0. The number of allylic oxidation sites excluding steroid dienone is 12. The van der Waals surface area contributed by atoms with Gasteiger partial charge in [-0.3, -0.25) is 0 Å². The largest absolute Gasteiger partial charge is 0.460 e. The van der Waals surface area contributed by atoms with E-state index in [4.69, 9.17) is 0 Å². The zero-order valence-corrected chi connectivity index (χ0v) is 33.9. The molecule has 8 bridgehead atoms. The maximum absolute atomic E-state index is 15.8. The number of aliphatic imine (C=N–C) groups is 4. The number of nitrogens with zero attached hydrogens (tertiary/aromatic N) is 4. The Morgan fingerprint density at radius 3 is 0.742 bits per heavy atom. The van der Waals surface area contributed by atoms with Gasteiger partial charge < -0.3 is 0 Å². The molecule has 0 N–H and O–H groups in total. The lowest BCUT2D eigenvalue weighted by atomic mass is 9.95. The Labute approximate surface area is 370 Å². The average molecular weight is 1230 g/mol. The van der Waals surface area contributed by atoms with Gasteiger partial charge in [0.1, 0.15) is 0 Å². The van der Waals surface area contributed by atoms with Crippen molar-refractivity contribution in [2.24, 2.45) is 20.0 Å². The van der Waals surface area contributed by atoms with Crippen LogP contribution in [0.4, 0.5) is 123 Å². The Balaban J connectivity index is 2.15. The zero-order valence-electron chi connectivity index (χ0n) is 29.6. The molecule has 0 aromatic rings. The summed E-state index contributed by atoms with van der Waals surface area (Å²) in [5.74, 6) is -58.6. The predicted molar refractivity (Wildman–Crippen MR) is 184 cm³/mol. The second-order valence-electron chi connectivity index (χ2n) is 13.2. The van der Waals surface area contributed by atoms with Crippen molar-refractivity contribution in [2.45, 2.75) is 72.1 Å². The summed E-state index contributed by atoms with van der Waals surface area (Å²) in [4.78, 5) is 10.8. The van der Waals surface area contributed by atoms with Crippen molar-refractivity contribution in [3.05, 3.63) is 88.7 Å². The Morgan fingerprint density at radius 1 is 0.288 bits per heavy atom. The third-order valence-corrected chi connectivity index (χ3v) is 10.6. The standard InChI is InChI=1S/C32H6F28I2N4/c33-21(34,25(41,42)29(49,50)51)15-9-1-3-11(63-9)17(23(37,38)27(45,46)31(55,56)57)19-8(62)6-14(66-19)16(22(35,36)26(43,44)30(52,53)54)10-2-4-12(64-10)18(20-7(61)5-13(15)65-20)24(39,40)28(47,48)32(58,59)60/h1-6H. The SMILES string of the molecule is FC(F)(F)C(F)(F)C(F)(F)C1=C2C=C(I)C(=N2)C(C(F)(F)C(F)(F)C(F)(F)F)=C2C=CC(=N2)C(C(F)(F)C(F)(F)C(F)(F)F)=C2C=C(I)C(=N2)C(C(F)(F)C(F)(F)C(F)(F)F)=C2C=CC1=N2. The molecule has 0 aromatic heterocycles. The number of alkyl halides is 28. The summed E-state index contributed by atoms with van der Waals surface area (Å²) in [5, 5.41) is 0. The number of rotatable bonds is 8. The van der Waals surface area contributed by atoms with Gasteiger partial charge in [-0.05, 0) is 81.6 Å². The molecule has 5 rings (SSSR count). The van der Waals surface area contributed by atoms with Crippen LogP contribution in [-0.2, 0) is 0 Å². The highest BCUT2D eigenvalue weighted by atomic mass is 127. The summed E-state index contributed by atoms with van der Waals surface area (Å²) in [6.07, 6.45) is -32.9. The van der Waals surface area contributed by atoms with E-state index in [1.165, 1.54) is 0 Å². The molecule has 0 saturated carbocycles. The van der Waals surface area contributed by atoms with E-state index in [1.807, 2.05) is 0 Å². The molecule has 0 aromatic carbocycles. The van der Waals surface area contributed by atoms with Gasteiger partial charge in [-0.2, -0.15) is 123 Å². The van der Waals surface area contributed by atoms with Crippen LogP contribution < -0.4 is 0 Å². The molecule has 5 aliphatic rings. The van der Waals surface area contributed by atoms with Crippen molar-refractivity contribution in [3.8, 4) is 0 Å². The summed E-state index contributed by atoms with van der Waals surface area (Å²) in [5.41, 5.74) is -32.6. The van der Waals surface area contributed by atoms with Crippen LogP contribution in [0, 0.1) is 0 Å². The molecule has 0 atom stereocenters. The average Bonchev–Trinajstić information content (AvgIpc) is 3.92. The third-order valence-electron chi connectivity index (χ3n) is 8.99. The minimum atomic E-state index is -7.55. The van der Waals surface area contributed by atoms with E-state index in [1.54, 1.807) is 0 Å². The molecule has 0 unspecified atom stereocenters. The van der Waals surface area contributed by atoms with Gasteiger partial charge in [-0.25, -0.2) is 20.0 Å². The lowest BCUT2D eigenvalue weighted by molar-refractivity contribution is -0.343. The lowest BCUT2D eigenvalue weighted by Gasteiger charge is -2.31. The van der Waals surface area contributed by atoms with E-state index >= 15 is 35.1 Å². The third kappa shape index (κ3) is 7.61. The smallest absolute Gasteiger partial charge is 0.248 e. The molecule has 0 amide bonds. The van der Waals surface area contributed by atoms with Gasteiger partial charge in [-0.15, -0.1) is 0 Å². The fourth-order valence-corrected chi connectivity index (χ4v) is 7.16. The quantitative estimate of drug-likeness (QED) is 0.172. The maximum atomic E-state index is 15.8. The zero-order chi connectivity index (χ0) is 51.2. The minimum absolute atomic E-state index is 0.427. The van der Waals surface area contributed by atoms with Crippen molar-refractivity contribution in [2.75, 3.05) is 0 Å². The summed E-state index contributed by atoms with van der Waals surface area (Å²) in [6.45, 7) is 0. The first-order valence-electron chi connectivity index (χ1n) is 15.9. The van der Waals surface area contributed by atoms with Gasteiger partial charge in [-0.1, -0.05) is 0 Å². The van der Waals surface area contributed by atoms with E-state index < -0.39 is 184 Å². The number of halogens is 30. The van der Waals surface area contributed by atoms with Crippen molar-refractivity contribution in [1.82, 2.24) is 0 Å². The van der Waals surface area contributed by atoms with Gasteiger partial charge in [0.15, 0.2) is 0 Å². The summed E-state index contributed by atoms with van der Waals surface area (Å²) < 4.78 is 403. The van der Waals surface area contributed by atoms with E-state index in [-0.39, 0.29) is 0 Å². The maximum Gasteiger partial charge on any atom is 0.460 e. The van der Waals surface area contributed by atoms with Crippen LogP contribution in [-0.4, -0.2) is 94.9 Å². The monoisotopic (exact) mass is 1230 g/mol. The highest BCUT2D eigenvalue weighted by Gasteiger charge is 2.79. The van der Waals surface area contributed by atoms with E-state index in [9.17, 15) is 87.8 Å². The number of hydrogen-bond acceptors (Lipinski definition) is 4. The van der Waals surface area contributed by atoms with Gasteiger partial charge in [0.2, 0.25) is 0 Å². The van der Waals surface area contributed by atoms with Crippen LogP contribution >= 0.6 is 45.2 Å². The fraction of sp³-hybridized carbons (Fsp3) is 0.375. The highest BCUT2D eigenvalue weighted by Crippen LogP contribution is 2.58. The Morgan fingerprint density at radius 2 is 0.515 bits per heavy atom. The van der Waals surface area contributed by atoms with Crippen LogP contribution in [0.5, 0.6) is 0 Å². The van der Waals surface area contributed by atoms with Crippen LogP contribution in [0.25, 0.3) is 0 Å². The molecule has 0 aliphatic carbocycles. The molecule has 0 spiro atoms. The highest BCUT2D eigenvalue weighted by molar-refractivity contribution is 14.1. The Hall–Kier alpha value is -3.90. The molecule has 364 valence electrons. The lowest BCUT2D eigenvalue weighted by Crippen LogP contribution is -2.54. The van der Waals surface area contributed by atoms with Crippen molar-refractivity contribution < 1.29 is 123 Å². The van der Waals surface area contributed by atoms with Crippen LogP contribution in [0.15, 0.2) is 109 Å². The molecule has 0 fully saturated rings. The number of hydrogen-bond donors (Lipinski definition) is 0. The minimum Gasteiger partial charge on any atom is -0.248 e. The molecule has 5 aliphatic heterocycles. The van der Waals surface area contributed by atoms with E-state index in [0.29, 0.717) is 45.2 Å². The second kappa shape index (κ2) is 15.3. The molecule has 5 heterocycles. The molecule has 0 radical (unpaired) electrons. The predicted octanol–water partition coefficient (Wildman–Crippen LogP) is 13.9. The molecule has 66 heavy (non-hydrogen) atoms. The van der Waals surface area contributed by atoms with Crippen LogP contribution in [0.1, 0.15) is 0 Å². The van der Waals surface area contributed by atoms with Crippen LogP contribution in [0.2, 0.25) is 0 Å². The molecular weight excluding hydrogens is 1230 g/mol. The molecule has 4 nitrogen and oxygen atoms in total. The van der Waals surface area contributed by atoms with Gasteiger partial charge >= 0.3 is 72.1 Å².